The zero-order valence-corrected chi connectivity index (χ0v) is 16.4. The van der Waals surface area contributed by atoms with Crippen LogP contribution in [-0.4, -0.2) is 37.0 Å². The van der Waals surface area contributed by atoms with Gasteiger partial charge in [-0.2, -0.15) is 0 Å². The molecule has 1 saturated heterocycles. The van der Waals surface area contributed by atoms with Crippen LogP contribution in [0.15, 0.2) is 23.2 Å². The standard InChI is InChI=1S/C18H28N4.HI/c1-14(13-22-9-2-3-10-22)12-20-18(19)21-17-8-7-15-5-4-6-16(15)11-17;/h7-8,11,14H,2-6,9-10,12-13H2,1H3,(H3,19,20,21);1H. The lowest BCUT2D eigenvalue weighted by Crippen LogP contribution is -2.28. The van der Waals surface area contributed by atoms with Gasteiger partial charge < -0.3 is 16.0 Å². The van der Waals surface area contributed by atoms with E-state index in [9.17, 15) is 0 Å². The lowest BCUT2D eigenvalue weighted by molar-refractivity contribution is 0.292. The van der Waals surface area contributed by atoms with E-state index in [2.05, 4.69) is 40.3 Å². The first-order valence-corrected chi connectivity index (χ1v) is 8.62. The Morgan fingerprint density at radius 1 is 1.22 bits per heavy atom. The molecule has 3 N–H and O–H groups in total. The molecule has 0 aromatic heterocycles. The van der Waals surface area contributed by atoms with Crippen molar-refractivity contribution in [1.82, 2.24) is 4.90 Å². The van der Waals surface area contributed by atoms with Gasteiger partial charge in [0.15, 0.2) is 5.96 Å². The zero-order chi connectivity index (χ0) is 15.4. The van der Waals surface area contributed by atoms with Gasteiger partial charge in [0, 0.05) is 18.8 Å². The number of nitrogens with zero attached hydrogens (tertiary/aromatic N) is 2. The van der Waals surface area contributed by atoms with E-state index < -0.39 is 0 Å². The molecule has 4 nitrogen and oxygen atoms in total. The largest absolute Gasteiger partial charge is 0.370 e. The number of nitrogens with two attached hydrogens (primary N) is 1. The van der Waals surface area contributed by atoms with Crippen molar-refractivity contribution in [1.29, 1.82) is 0 Å². The van der Waals surface area contributed by atoms with Gasteiger partial charge in [0.2, 0.25) is 0 Å². The molecule has 128 valence electrons. The number of hydrogen-bond acceptors (Lipinski definition) is 2. The molecule has 1 aromatic rings. The van der Waals surface area contributed by atoms with E-state index in [0.29, 0.717) is 11.9 Å². The Kier molecular flexibility index (Phi) is 7.14. The zero-order valence-electron chi connectivity index (χ0n) is 14.1. The van der Waals surface area contributed by atoms with Crippen LogP contribution in [0.3, 0.4) is 0 Å². The Morgan fingerprint density at radius 2 is 1.96 bits per heavy atom. The van der Waals surface area contributed by atoms with E-state index in [-0.39, 0.29) is 24.0 Å². The molecule has 1 atom stereocenters. The maximum Gasteiger partial charge on any atom is 0.193 e. The number of fused-ring (bicyclic) bond motifs is 1. The second-order valence-electron chi connectivity index (χ2n) is 6.80. The third-order valence-corrected chi connectivity index (χ3v) is 4.71. The van der Waals surface area contributed by atoms with Crippen LogP contribution in [0.25, 0.3) is 0 Å². The Morgan fingerprint density at radius 3 is 2.74 bits per heavy atom. The molecule has 3 rings (SSSR count). The van der Waals surface area contributed by atoms with E-state index in [1.165, 1.54) is 56.3 Å². The van der Waals surface area contributed by atoms with Gasteiger partial charge in [0.25, 0.3) is 0 Å². The Bertz CT molecular complexity index is 538. The van der Waals surface area contributed by atoms with Crippen LogP contribution in [0.4, 0.5) is 5.69 Å². The number of likely N-dealkylation sites (tertiary alicyclic amines) is 1. The van der Waals surface area contributed by atoms with Crippen LogP contribution in [0.5, 0.6) is 0 Å². The van der Waals surface area contributed by atoms with Gasteiger partial charge in [-0.3, -0.25) is 4.99 Å². The molecule has 23 heavy (non-hydrogen) atoms. The molecular formula is C18H29IN4. The van der Waals surface area contributed by atoms with Gasteiger partial charge in [-0.1, -0.05) is 13.0 Å². The highest BCUT2D eigenvalue weighted by molar-refractivity contribution is 14.0. The molecule has 0 spiro atoms. The summed E-state index contributed by atoms with van der Waals surface area (Å²) in [6.45, 7) is 6.67. The van der Waals surface area contributed by atoms with Crippen molar-refractivity contribution in [2.24, 2.45) is 16.6 Å². The van der Waals surface area contributed by atoms with Crippen molar-refractivity contribution in [2.75, 3.05) is 31.5 Å². The molecule has 1 fully saturated rings. The summed E-state index contributed by atoms with van der Waals surface area (Å²) in [6, 6.07) is 6.55. The smallest absolute Gasteiger partial charge is 0.193 e. The third-order valence-electron chi connectivity index (χ3n) is 4.71. The minimum absolute atomic E-state index is 0. The number of aryl methyl sites for hydroxylation is 2. The van der Waals surface area contributed by atoms with E-state index in [0.717, 1.165) is 18.8 Å². The van der Waals surface area contributed by atoms with Gasteiger partial charge >= 0.3 is 0 Å². The number of aliphatic imine (C=N–C) groups is 1. The fraction of sp³-hybridized carbons (Fsp3) is 0.611. The first-order chi connectivity index (χ1) is 10.7. The van der Waals surface area contributed by atoms with E-state index in [4.69, 9.17) is 5.73 Å². The minimum atomic E-state index is 0. The van der Waals surface area contributed by atoms with E-state index in [1.807, 2.05) is 0 Å². The van der Waals surface area contributed by atoms with E-state index in [1.54, 1.807) is 0 Å². The molecule has 5 heteroatoms. The second-order valence-corrected chi connectivity index (χ2v) is 6.80. The molecule has 1 unspecified atom stereocenters. The summed E-state index contributed by atoms with van der Waals surface area (Å²) < 4.78 is 0. The number of guanidine groups is 1. The number of nitrogens with one attached hydrogen (secondary N) is 1. The maximum atomic E-state index is 6.03. The molecule has 0 amide bonds. The van der Waals surface area contributed by atoms with Crippen LogP contribution < -0.4 is 11.1 Å². The quantitative estimate of drug-likeness (QED) is 0.430. The van der Waals surface area contributed by atoms with Crippen molar-refractivity contribution in [3.8, 4) is 0 Å². The molecule has 1 aliphatic carbocycles. The number of rotatable bonds is 5. The predicted molar refractivity (Wildman–Crippen MR) is 109 cm³/mol. The molecule has 0 radical (unpaired) electrons. The van der Waals surface area contributed by atoms with Gasteiger partial charge in [-0.25, -0.2) is 0 Å². The summed E-state index contributed by atoms with van der Waals surface area (Å²) in [5.41, 5.74) is 10.0. The minimum Gasteiger partial charge on any atom is -0.370 e. The lowest BCUT2D eigenvalue weighted by Gasteiger charge is -2.18. The number of halogens is 1. The molecule has 1 aromatic carbocycles. The average Bonchev–Trinajstić information content (AvgIpc) is 3.15. The summed E-state index contributed by atoms with van der Waals surface area (Å²) in [5.74, 6) is 1.09. The van der Waals surface area contributed by atoms with Crippen LogP contribution in [0.1, 0.15) is 37.3 Å². The summed E-state index contributed by atoms with van der Waals surface area (Å²) in [4.78, 5) is 7.04. The molecular weight excluding hydrogens is 399 g/mol. The third kappa shape index (κ3) is 5.35. The highest BCUT2D eigenvalue weighted by Gasteiger charge is 2.14. The number of anilines is 1. The SMILES string of the molecule is CC(CN=C(N)Nc1ccc2c(c1)CCC2)CN1CCCC1.I. The van der Waals surface area contributed by atoms with Gasteiger partial charge in [0.05, 0.1) is 0 Å². The number of benzene rings is 1. The maximum absolute atomic E-state index is 6.03. The molecule has 1 heterocycles. The fourth-order valence-electron chi connectivity index (χ4n) is 3.55. The fourth-order valence-corrected chi connectivity index (χ4v) is 3.55. The Labute approximate surface area is 156 Å². The van der Waals surface area contributed by atoms with Crippen molar-refractivity contribution in [2.45, 2.75) is 39.0 Å². The highest BCUT2D eigenvalue weighted by Crippen LogP contribution is 2.24. The van der Waals surface area contributed by atoms with Crippen LogP contribution in [0, 0.1) is 5.92 Å². The predicted octanol–water partition coefficient (Wildman–Crippen LogP) is 3.25. The summed E-state index contributed by atoms with van der Waals surface area (Å²) >= 11 is 0. The van der Waals surface area contributed by atoms with Gasteiger partial charge in [-0.15, -0.1) is 24.0 Å². The van der Waals surface area contributed by atoms with Gasteiger partial charge in [0.1, 0.15) is 0 Å². The monoisotopic (exact) mass is 428 g/mol. The first-order valence-electron chi connectivity index (χ1n) is 8.62. The molecule has 0 saturated carbocycles. The van der Waals surface area contributed by atoms with Crippen molar-refractivity contribution in [3.05, 3.63) is 29.3 Å². The Hall–Kier alpha value is -0.820. The van der Waals surface area contributed by atoms with Crippen LogP contribution in [-0.2, 0) is 12.8 Å². The Balaban J connectivity index is 0.00000192. The van der Waals surface area contributed by atoms with Crippen molar-refractivity contribution < 1.29 is 0 Å². The summed E-state index contributed by atoms with van der Waals surface area (Å²) in [6.07, 6.45) is 6.37. The normalized spacial score (nSPS) is 19.3. The first kappa shape index (κ1) is 18.5. The average molecular weight is 428 g/mol. The molecule has 0 bridgehead atoms. The van der Waals surface area contributed by atoms with E-state index >= 15 is 0 Å². The lowest BCUT2D eigenvalue weighted by atomic mass is 10.1. The highest BCUT2D eigenvalue weighted by atomic mass is 127. The summed E-state index contributed by atoms with van der Waals surface area (Å²) in [5, 5.41) is 3.23. The van der Waals surface area contributed by atoms with Crippen LogP contribution >= 0.6 is 24.0 Å². The van der Waals surface area contributed by atoms with Crippen LogP contribution in [0.2, 0.25) is 0 Å². The molecule has 2 aliphatic rings. The number of hydrogen-bond donors (Lipinski definition) is 2. The summed E-state index contributed by atoms with van der Waals surface area (Å²) in [7, 11) is 0. The van der Waals surface area contributed by atoms with Gasteiger partial charge in [-0.05, 0) is 74.4 Å². The topological polar surface area (TPSA) is 53.6 Å². The second kappa shape index (κ2) is 8.87. The van der Waals surface area contributed by atoms with Crippen molar-refractivity contribution in [3.63, 3.8) is 0 Å². The van der Waals surface area contributed by atoms with Crippen molar-refractivity contribution >= 4 is 35.6 Å². The molecule has 1 aliphatic heterocycles.